The fraction of sp³-hybridized carbons (Fsp3) is 0.167. The van der Waals surface area contributed by atoms with Gasteiger partial charge in [-0.25, -0.2) is 0 Å². The molecule has 0 heterocycles. The normalized spacial score (nSPS) is 15.1. The molecule has 0 saturated carbocycles. The van der Waals surface area contributed by atoms with Gasteiger partial charge in [0.2, 0.25) is 0 Å². The van der Waals surface area contributed by atoms with Crippen molar-refractivity contribution in [3.8, 4) is 11.1 Å². The zero-order valence-corrected chi connectivity index (χ0v) is 15.5. The summed E-state index contributed by atoms with van der Waals surface area (Å²) < 4.78 is 0. The van der Waals surface area contributed by atoms with Crippen LogP contribution in [0.2, 0.25) is 0 Å². The van der Waals surface area contributed by atoms with Crippen molar-refractivity contribution in [2.75, 3.05) is 0 Å². The van der Waals surface area contributed by atoms with E-state index in [0.717, 1.165) is 16.8 Å². The summed E-state index contributed by atoms with van der Waals surface area (Å²) in [6, 6.07) is 16.8. The standard InChI is InChI=1S/C24H26N2/c1-16(2)23(26)15-18(4)24(17(3)13-14-25)21-11-7-5-9-19(21)20-10-6-8-12-22(20)24/h5-16H,3-4,25-26H2,1-2H3/b14-13+,23-15+. The maximum Gasteiger partial charge on any atom is 0.0703 e. The Bertz CT molecular complexity index is 883. The Morgan fingerprint density at radius 1 is 0.923 bits per heavy atom. The van der Waals surface area contributed by atoms with Crippen LogP contribution in [0, 0.1) is 5.92 Å². The van der Waals surface area contributed by atoms with Gasteiger partial charge in [0, 0.05) is 5.70 Å². The van der Waals surface area contributed by atoms with Crippen LogP contribution >= 0.6 is 0 Å². The van der Waals surface area contributed by atoms with Gasteiger partial charge in [0.25, 0.3) is 0 Å². The first kappa shape index (κ1) is 17.8. The molecule has 3 rings (SSSR count). The van der Waals surface area contributed by atoms with Crippen LogP contribution in [0.1, 0.15) is 25.0 Å². The summed E-state index contributed by atoms with van der Waals surface area (Å²) in [5.74, 6) is 0.244. The zero-order chi connectivity index (χ0) is 18.9. The van der Waals surface area contributed by atoms with E-state index >= 15 is 0 Å². The lowest BCUT2D eigenvalue weighted by atomic mass is 9.67. The summed E-state index contributed by atoms with van der Waals surface area (Å²) in [5.41, 5.74) is 18.8. The minimum absolute atomic E-state index is 0.244. The van der Waals surface area contributed by atoms with Gasteiger partial charge in [-0.3, -0.25) is 0 Å². The van der Waals surface area contributed by atoms with Crippen LogP contribution in [0.5, 0.6) is 0 Å². The molecule has 2 aromatic rings. The summed E-state index contributed by atoms with van der Waals surface area (Å²) in [4.78, 5) is 0. The predicted molar refractivity (Wildman–Crippen MR) is 111 cm³/mol. The van der Waals surface area contributed by atoms with Gasteiger partial charge >= 0.3 is 0 Å². The fourth-order valence-electron chi connectivity index (χ4n) is 3.85. The Hall–Kier alpha value is -3.00. The molecule has 0 aliphatic heterocycles. The molecule has 0 atom stereocenters. The van der Waals surface area contributed by atoms with Crippen LogP contribution < -0.4 is 11.5 Å². The first-order chi connectivity index (χ1) is 12.4. The molecule has 2 aromatic carbocycles. The molecule has 0 radical (unpaired) electrons. The van der Waals surface area contributed by atoms with Crippen LogP contribution in [0.3, 0.4) is 0 Å². The molecule has 0 saturated heterocycles. The molecule has 26 heavy (non-hydrogen) atoms. The molecule has 4 N–H and O–H groups in total. The maximum atomic E-state index is 6.29. The van der Waals surface area contributed by atoms with Gasteiger partial charge in [-0.1, -0.05) is 75.5 Å². The number of fused-ring (bicyclic) bond motifs is 3. The molecule has 1 aliphatic rings. The average Bonchev–Trinajstić information content (AvgIpc) is 2.93. The number of allylic oxidation sites excluding steroid dienone is 5. The second kappa shape index (κ2) is 6.72. The van der Waals surface area contributed by atoms with Crippen LogP contribution in [0.15, 0.2) is 96.9 Å². The van der Waals surface area contributed by atoms with Gasteiger partial charge < -0.3 is 11.5 Å². The minimum Gasteiger partial charge on any atom is -0.405 e. The molecule has 0 bridgehead atoms. The monoisotopic (exact) mass is 342 g/mol. The van der Waals surface area contributed by atoms with E-state index in [1.54, 1.807) is 0 Å². The summed E-state index contributed by atoms with van der Waals surface area (Å²) in [5, 5.41) is 0. The number of nitrogens with two attached hydrogens (primary N) is 2. The second-order valence-corrected chi connectivity index (χ2v) is 7.05. The lowest BCUT2D eigenvalue weighted by Gasteiger charge is -2.34. The molecule has 2 heteroatoms. The Labute approximate surface area is 156 Å². The highest BCUT2D eigenvalue weighted by Crippen LogP contribution is 2.56. The van der Waals surface area contributed by atoms with E-state index in [-0.39, 0.29) is 5.92 Å². The molecule has 0 spiro atoms. The molecule has 0 fully saturated rings. The van der Waals surface area contributed by atoms with E-state index in [4.69, 9.17) is 11.5 Å². The van der Waals surface area contributed by atoms with Crippen LogP contribution in [-0.2, 0) is 5.41 Å². The minimum atomic E-state index is -0.567. The first-order valence-corrected chi connectivity index (χ1v) is 8.88. The Kier molecular flexibility index (Phi) is 4.60. The molecule has 0 amide bonds. The molecule has 0 aromatic heterocycles. The second-order valence-electron chi connectivity index (χ2n) is 7.05. The van der Waals surface area contributed by atoms with Crippen LogP contribution in [-0.4, -0.2) is 0 Å². The van der Waals surface area contributed by atoms with E-state index < -0.39 is 5.41 Å². The van der Waals surface area contributed by atoms with Gasteiger partial charge in [0.05, 0.1) is 5.41 Å². The third kappa shape index (κ3) is 2.50. The third-order valence-corrected chi connectivity index (χ3v) is 5.22. The average molecular weight is 342 g/mol. The van der Waals surface area contributed by atoms with Crippen molar-refractivity contribution >= 4 is 0 Å². The molecule has 2 nitrogen and oxygen atoms in total. The van der Waals surface area contributed by atoms with Crippen molar-refractivity contribution in [1.29, 1.82) is 0 Å². The summed E-state index contributed by atoms with van der Waals surface area (Å²) in [6.45, 7) is 13.0. The third-order valence-electron chi connectivity index (χ3n) is 5.22. The summed E-state index contributed by atoms with van der Waals surface area (Å²) in [6.07, 6.45) is 5.40. The van der Waals surface area contributed by atoms with Crippen molar-refractivity contribution in [2.45, 2.75) is 19.3 Å². The van der Waals surface area contributed by atoms with E-state index in [1.807, 2.05) is 12.2 Å². The van der Waals surface area contributed by atoms with Crippen molar-refractivity contribution < 1.29 is 0 Å². The molecular weight excluding hydrogens is 316 g/mol. The molecule has 1 aliphatic carbocycles. The number of rotatable bonds is 5. The van der Waals surface area contributed by atoms with Gasteiger partial charge in [0.15, 0.2) is 0 Å². The summed E-state index contributed by atoms with van der Waals surface area (Å²) in [7, 11) is 0. The van der Waals surface area contributed by atoms with E-state index in [9.17, 15) is 0 Å². The predicted octanol–water partition coefficient (Wildman–Crippen LogP) is 5.04. The van der Waals surface area contributed by atoms with E-state index in [1.165, 1.54) is 28.5 Å². The smallest absolute Gasteiger partial charge is 0.0703 e. The zero-order valence-electron chi connectivity index (χ0n) is 15.5. The Morgan fingerprint density at radius 3 is 1.88 bits per heavy atom. The van der Waals surface area contributed by atoms with Crippen LogP contribution in [0.4, 0.5) is 0 Å². The summed E-state index contributed by atoms with van der Waals surface area (Å²) >= 11 is 0. The van der Waals surface area contributed by atoms with Gasteiger partial charge in [-0.15, -0.1) is 0 Å². The van der Waals surface area contributed by atoms with Crippen molar-refractivity contribution in [3.05, 3.63) is 108 Å². The molecular formula is C24H26N2. The molecule has 0 unspecified atom stereocenters. The lowest BCUT2D eigenvalue weighted by molar-refractivity contribution is 0.734. The fourth-order valence-corrected chi connectivity index (χ4v) is 3.85. The van der Waals surface area contributed by atoms with Crippen molar-refractivity contribution in [2.24, 2.45) is 17.4 Å². The number of benzene rings is 2. The van der Waals surface area contributed by atoms with E-state index in [2.05, 4.69) is 75.5 Å². The van der Waals surface area contributed by atoms with Gasteiger partial charge in [-0.05, 0) is 57.7 Å². The first-order valence-electron chi connectivity index (χ1n) is 8.88. The number of hydrogen-bond donors (Lipinski definition) is 2. The highest BCUT2D eigenvalue weighted by molar-refractivity contribution is 5.86. The van der Waals surface area contributed by atoms with Crippen molar-refractivity contribution in [3.63, 3.8) is 0 Å². The highest BCUT2D eigenvalue weighted by Gasteiger charge is 2.45. The Balaban J connectivity index is 2.37. The van der Waals surface area contributed by atoms with E-state index in [0.29, 0.717) is 0 Å². The van der Waals surface area contributed by atoms with Crippen LogP contribution in [0.25, 0.3) is 11.1 Å². The maximum absolute atomic E-state index is 6.29. The number of hydrogen-bond acceptors (Lipinski definition) is 2. The highest BCUT2D eigenvalue weighted by atomic mass is 14.6. The lowest BCUT2D eigenvalue weighted by Crippen LogP contribution is -2.29. The Morgan fingerprint density at radius 2 is 1.42 bits per heavy atom. The largest absolute Gasteiger partial charge is 0.405 e. The topological polar surface area (TPSA) is 52.0 Å². The van der Waals surface area contributed by atoms with Gasteiger partial charge in [-0.2, -0.15) is 0 Å². The van der Waals surface area contributed by atoms with Crippen molar-refractivity contribution in [1.82, 2.24) is 0 Å². The quantitative estimate of drug-likeness (QED) is 0.748. The molecule has 132 valence electrons. The van der Waals surface area contributed by atoms with Gasteiger partial charge in [0.1, 0.15) is 0 Å². The SMILES string of the molecule is C=C(/C=C/N)C1(C(=C)/C=C(/N)C(C)C)c2ccccc2-c2ccccc21.